The number of aromatic amines is 1. The van der Waals surface area contributed by atoms with E-state index in [0.717, 1.165) is 29.5 Å². The number of alkyl halides is 4. The molecule has 1 saturated heterocycles. The van der Waals surface area contributed by atoms with Gasteiger partial charge in [0.15, 0.2) is 0 Å². The molecule has 42 heavy (non-hydrogen) atoms. The Morgan fingerprint density at radius 3 is 2.43 bits per heavy atom. The highest BCUT2D eigenvalue weighted by atomic mass is 19.4. The van der Waals surface area contributed by atoms with E-state index in [4.69, 9.17) is 0 Å². The Morgan fingerprint density at radius 1 is 1.14 bits per heavy atom. The van der Waals surface area contributed by atoms with Crippen molar-refractivity contribution in [3.05, 3.63) is 80.8 Å². The zero-order valence-corrected chi connectivity index (χ0v) is 23.1. The van der Waals surface area contributed by atoms with Gasteiger partial charge in [-0.25, -0.2) is 13.8 Å². The van der Waals surface area contributed by atoms with Gasteiger partial charge in [-0.2, -0.15) is 13.2 Å². The van der Waals surface area contributed by atoms with Gasteiger partial charge in [0.05, 0.1) is 30.8 Å². The van der Waals surface area contributed by atoms with Crippen molar-refractivity contribution in [3.63, 3.8) is 0 Å². The first-order valence-corrected chi connectivity index (χ1v) is 13.7. The molecule has 0 spiro atoms. The number of nitrogens with one attached hydrogen (secondary N) is 1. The molecule has 0 unspecified atom stereocenters. The fraction of sp³-hybridized carbons (Fsp3) is 0.367. The summed E-state index contributed by atoms with van der Waals surface area (Å²) in [5, 5.41) is 9.28. The van der Waals surface area contributed by atoms with Crippen molar-refractivity contribution in [1.82, 2.24) is 19.4 Å². The Labute approximate surface area is 237 Å². The Hall–Kier alpha value is -4.06. The molecule has 1 aliphatic carbocycles. The summed E-state index contributed by atoms with van der Waals surface area (Å²) in [7, 11) is 0. The third-order valence-corrected chi connectivity index (χ3v) is 7.50. The van der Waals surface area contributed by atoms with Crippen molar-refractivity contribution in [2.24, 2.45) is 0 Å². The molecule has 12 heteroatoms. The third kappa shape index (κ3) is 5.19. The monoisotopic (exact) mass is 588 g/mol. The van der Waals surface area contributed by atoms with Crippen molar-refractivity contribution in [1.29, 1.82) is 0 Å². The highest BCUT2D eigenvalue weighted by molar-refractivity contribution is 6.01. The molecule has 1 saturated carbocycles. The summed E-state index contributed by atoms with van der Waals surface area (Å²) in [5.74, 6) is -1.35. The summed E-state index contributed by atoms with van der Waals surface area (Å²) in [6.07, 6.45) is -3.73. The number of carbonyl (C=O) groups is 1. The second-order valence-electron chi connectivity index (χ2n) is 10.3. The Morgan fingerprint density at radius 2 is 1.83 bits per heavy atom. The van der Waals surface area contributed by atoms with Gasteiger partial charge < -0.3 is 15.0 Å². The number of likely N-dealkylation sites (tertiary alicyclic amines) is 1. The normalized spacial score (nSPS) is 15.4. The first kappa shape index (κ1) is 29.4. The maximum absolute atomic E-state index is 14.2. The number of benzene rings is 1. The van der Waals surface area contributed by atoms with Crippen LogP contribution in [0.15, 0.2) is 41.3 Å². The van der Waals surface area contributed by atoms with Crippen molar-refractivity contribution in [2.75, 3.05) is 13.1 Å². The van der Waals surface area contributed by atoms with Gasteiger partial charge in [-0.3, -0.25) is 14.2 Å². The molecule has 222 valence electrons. The first-order valence-electron chi connectivity index (χ1n) is 13.7. The zero-order chi connectivity index (χ0) is 30.5. The molecule has 0 radical (unpaired) electrons. The third-order valence-electron chi connectivity index (χ3n) is 7.50. The molecule has 2 N–H and O–H groups in total. The summed E-state index contributed by atoms with van der Waals surface area (Å²) < 4.78 is 71.1. The van der Waals surface area contributed by atoms with Crippen LogP contribution in [0, 0.1) is 12.7 Å². The van der Waals surface area contributed by atoms with E-state index in [1.165, 1.54) is 24.0 Å². The van der Waals surface area contributed by atoms with Crippen LogP contribution in [0.1, 0.15) is 65.5 Å². The molecule has 0 bridgehead atoms. The maximum atomic E-state index is 14.2. The number of aliphatic hydroxyl groups is 1. The number of hydrogen-bond acceptors (Lipinski definition) is 4. The predicted molar refractivity (Wildman–Crippen MR) is 147 cm³/mol. The summed E-state index contributed by atoms with van der Waals surface area (Å²) in [4.78, 5) is 35.0. The van der Waals surface area contributed by atoms with Crippen LogP contribution in [0.4, 0.5) is 22.0 Å². The molecule has 1 aromatic carbocycles. The Kier molecular flexibility index (Phi) is 7.69. The number of aryl methyl sites for hydroxylation is 1. The van der Waals surface area contributed by atoms with Crippen LogP contribution in [0.3, 0.4) is 0 Å². The highest BCUT2D eigenvalue weighted by Crippen LogP contribution is 2.42. The molecule has 2 aliphatic rings. The van der Waals surface area contributed by atoms with E-state index in [0.29, 0.717) is 17.5 Å². The molecule has 1 aliphatic heterocycles. The topological polar surface area (TPSA) is 91.2 Å². The lowest BCUT2D eigenvalue weighted by Gasteiger charge is -2.34. The lowest BCUT2D eigenvalue weighted by Crippen LogP contribution is -2.51. The smallest absolute Gasteiger partial charge is 0.390 e. The first-order chi connectivity index (χ1) is 20.0. The molecule has 3 aromatic heterocycles. The lowest BCUT2D eigenvalue weighted by molar-refractivity contribution is -0.136. The van der Waals surface area contributed by atoms with E-state index < -0.39 is 41.8 Å². The number of aliphatic hydroxyl groups excluding tert-OH is 1. The second-order valence-corrected chi connectivity index (χ2v) is 10.3. The van der Waals surface area contributed by atoms with Crippen molar-refractivity contribution >= 4 is 16.8 Å². The average Bonchev–Trinajstić information content (AvgIpc) is 3.75. The summed E-state index contributed by atoms with van der Waals surface area (Å²) in [6, 6.07) is 6.61. The van der Waals surface area contributed by atoms with Gasteiger partial charge in [0, 0.05) is 28.9 Å². The molecular weight excluding hydrogens is 559 g/mol. The number of hydrogen-bond donors (Lipinski definition) is 2. The van der Waals surface area contributed by atoms with Crippen molar-refractivity contribution < 1.29 is 31.9 Å². The zero-order valence-electron chi connectivity index (χ0n) is 23.1. The van der Waals surface area contributed by atoms with Crippen molar-refractivity contribution in [2.45, 2.75) is 58.5 Å². The number of pyridine rings is 2. The van der Waals surface area contributed by atoms with Crippen LogP contribution < -0.4 is 5.56 Å². The van der Waals surface area contributed by atoms with E-state index >= 15 is 0 Å². The van der Waals surface area contributed by atoms with Gasteiger partial charge >= 0.3 is 6.18 Å². The minimum Gasteiger partial charge on any atom is -0.390 e. The van der Waals surface area contributed by atoms with E-state index in [1.54, 1.807) is 6.07 Å². The molecule has 2 fully saturated rings. The fourth-order valence-corrected chi connectivity index (χ4v) is 5.17. The molecule has 4 aromatic rings. The molecule has 7 nitrogen and oxygen atoms in total. The molecule has 1 amide bonds. The van der Waals surface area contributed by atoms with Gasteiger partial charge in [-0.1, -0.05) is 19.9 Å². The van der Waals surface area contributed by atoms with Crippen LogP contribution in [0.5, 0.6) is 0 Å². The Balaban J connectivity index is 0.00000173. The van der Waals surface area contributed by atoms with Crippen LogP contribution in [-0.2, 0) is 12.8 Å². The molecule has 4 heterocycles. The van der Waals surface area contributed by atoms with E-state index in [9.17, 15) is 36.6 Å². The summed E-state index contributed by atoms with van der Waals surface area (Å²) >= 11 is 0. The molecule has 6 rings (SSSR count). The van der Waals surface area contributed by atoms with Crippen LogP contribution in [0.2, 0.25) is 0 Å². The number of H-pyrrole nitrogens is 1. The average molecular weight is 589 g/mol. The lowest BCUT2D eigenvalue weighted by atomic mass is 9.96. The fourth-order valence-electron chi connectivity index (χ4n) is 5.17. The van der Waals surface area contributed by atoms with Crippen molar-refractivity contribution in [3.8, 4) is 16.9 Å². The number of fused-ring (bicyclic) bond motifs is 1. The minimum absolute atomic E-state index is 0.0104. The number of halogens is 5. The maximum Gasteiger partial charge on any atom is 0.418 e. The summed E-state index contributed by atoms with van der Waals surface area (Å²) in [6.45, 7) is 4.57. The van der Waals surface area contributed by atoms with Gasteiger partial charge in [-0.05, 0) is 60.7 Å². The van der Waals surface area contributed by atoms with Gasteiger partial charge in [0.25, 0.3) is 11.5 Å². The highest BCUT2D eigenvalue weighted by Gasteiger charge is 2.37. The number of nitrogens with zero attached hydrogens (tertiary/aromatic N) is 3. The minimum atomic E-state index is -4.83. The van der Waals surface area contributed by atoms with E-state index in [1.807, 2.05) is 13.8 Å². The number of amides is 1. The largest absolute Gasteiger partial charge is 0.418 e. The second kappa shape index (κ2) is 11.0. The number of aromatic nitrogens is 3. The van der Waals surface area contributed by atoms with Gasteiger partial charge in [0.2, 0.25) is 0 Å². The van der Waals surface area contributed by atoms with E-state index in [2.05, 4.69) is 9.97 Å². The number of rotatable bonds is 5. The standard InChI is InChI=1S/C28H23F5N4O3.C2H6/c1-13-22(12-38)35-25-24(13)20(28(31,32)33)11-37(27(25)40)23-7-15(6-21(34-23)14-2-3-14)18-5-4-16(29)8-19(18)26(39)36-9-17(30)10-36;1-2/h4-8,11,14,17,35,38H,2-3,9-10,12H2,1H3;1-2H3. The SMILES string of the molecule is CC.Cc1c(CO)[nH]c2c(=O)n(-c3cc(-c4ccc(F)cc4C(=O)N4CC(F)C4)cc(C4CC4)n3)cc(C(F)(F)F)c12. The molecule has 0 atom stereocenters. The predicted octanol–water partition coefficient (Wildman–Crippen LogP) is 6.04. The van der Waals surface area contributed by atoms with E-state index in [-0.39, 0.29) is 58.1 Å². The van der Waals surface area contributed by atoms with Gasteiger partial charge in [-0.15, -0.1) is 0 Å². The van der Waals surface area contributed by atoms with Crippen LogP contribution in [0.25, 0.3) is 27.8 Å². The van der Waals surface area contributed by atoms with Crippen LogP contribution >= 0.6 is 0 Å². The summed E-state index contributed by atoms with van der Waals surface area (Å²) in [5.41, 5.74) is -0.881. The quantitative estimate of drug-likeness (QED) is 0.278. The Bertz CT molecular complexity index is 1730. The van der Waals surface area contributed by atoms with Gasteiger partial charge in [0.1, 0.15) is 23.3 Å². The van der Waals surface area contributed by atoms with Crippen LogP contribution in [-0.4, -0.2) is 49.7 Å². The molecular formula is C30H29F5N4O3. The number of carbonyl (C=O) groups excluding carboxylic acids is 1.